The van der Waals surface area contributed by atoms with Crippen molar-refractivity contribution in [3.8, 4) is 0 Å². The number of hydrogen-bond acceptors (Lipinski definition) is 2. The summed E-state index contributed by atoms with van der Waals surface area (Å²) in [6.45, 7) is 2.21. The van der Waals surface area contributed by atoms with E-state index in [1.54, 1.807) is 12.1 Å². The first-order chi connectivity index (χ1) is 9.08. The van der Waals surface area contributed by atoms with Crippen molar-refractivity contribution in [2.24, 2.45) is 11.7 Å². The Bertz CT molecular complexity index is 455. The molecule has 0 bridgehead atoms. The highest BCUT2D eigenvalue weighted by molar-refractivity contribution is 6.34. The number of amides is 1. The standard InChI is InChI=1S/C15H21ClN2O/c1-10(11-5-3-2-4-6-11)18-12-7-8-13(15(17)19)14(16)9-12/h7-11,18H,2-6H2,1H3,(H2,17,19). The number of halogens is 1. The minimum Gasteiger partial charge on any atom is -0.382 e. The second kappa shape index (κ2) is 6.29. The van der Waals surface area contributed by atoms with Crippen molar-refractivity contribution in [3.05, 3.63) is 28.8 Å². The maximum atomic E-state index is 11.1. The summed E-state index contributed by atoms with van der Waals surface area (Å²) in [5.41, 5.74) is 6.56. The van der Waals surface area contributed by atoms with E-state index < -0.39 is 5.91 Å². The lowest BCUT2D eigenvalue weighted by Crippen LogP contribution is -2.27. The maximum absolute atomic E-state index is 11.1. The normalized spacial score (nSPS) is 18.0. The lowest BCUT2D eigenvalue weighted by molar-refractivity contribution is 0.100. The van der Waals surface area contributed by atoms with Crippen molar-refractivity contribution in [2.45, 2.75) is 45.1 Å². The molecule has 1 atom stereocenters. The lowest BCUT2D eigenvalue weighted by atomic mass is 9.84. The van der Waals surface area contributed by atoms with E-state index in [-0.39, 0.29) is 0 Å². The number of primary amides is 1. The summed E-state index contributed by atoms with van der Waals surface area (Å²) in [4.78, 5) is 11.1. The molecule has 1 aliphatic carbocycles. The van der Waals surface area contributed by atoms with E-state index in [9.17, 15) is 4.79 Å². The van der Waals surface area contributed by atoms with Crippen LogP contribution in [0.2, 0.25) is 5.02 Å². The number of hydrogen-bond donors (Lipinski definition) is 2. The summed E-state index contributed by atoms with van der Waals surface area (Å²) in [5, 5.41) is 3.89. The van der Waals surface area contributed by atoms with Crippen LogP contribution in [0, 0.1) is 5.92 Å². The third-order valence-electron chi connectivity index (χ3n) is 3.99. The Morgan fingerprint density at radius 3 is 2.63 bits per heavy atom. The van der Waals surface area contributed by atoms with Crippen molar-refractivity contribution in [2.75, 3.05) is 5.32 Å². The summed E-state index contributed by atoms with van der Waals surface area (Å²) < 4.78 is 0. The number of anilines is 1. The summed E-state index contributed by atoms with van der Waals surface area (Å²) in [6, 6.07) is 5.75. The van der Waals surface area contributed by atoms with Gasteiger partial charge in [0.05, 0.1) is 10.6 Å². The zero-order chi connectivity index (χ0) is 13.8. The lowest BCUT2D eigenvalue weighted by Gasteiger charge is -2.29. The molecule has 1 saturated carbocycles. The van der Waals surface area contributed by atoms with E-state index in [0.29, 0.717) is 16.6 Å². The molecule has 1 aromatic carbocycles. The molecule has 1 fully saturated rings. The molecule has 0 aliphatic heterocycles. The molecule has 2 rings (SSSR count). The van der Waals surface area contributed by atoms with Gasteiger partial charge in [-0.2, -0.15) is 0 Å². The Hall–Kier alpha value is -1.22. The fraction of sp³-hybridized carbons (Fsp3) is 0.533. The van der Waals surface area contributed by atoms with E-state index in [2.05, 4.69) is 12.2 Å². The molecule has 19 heavy (non-hydrogen) atoms. The Morgan fingerprint density at radius 2 is 2.05 bits per heavy atom. The predicted molar refractivity (Wildman–Crippen MR) is 79.6 cm³/mol. The Kier molecular flexibility index (Phi) is 4.70. The highest BCUT2D eigenvalue weighted by Crippen LogP contribution is 2.29. The van der Waals surface area contributed by atoms with Crippen LogP contribution >= 0.6 is 11.6 Å². The fourth-order valence-electron chi connectivity index (χ4n) is 2.82. The zero-order valence-corrected chi connectivity index (χ0v) is 12.0. The molecule has 1 amide bonds. The van der Waals surface area contributed by atoms with Gasteiger partial charge < -0.3 is 11.1 Å². The first kappa shape index (κ1) is 14.2. The molecule has 0 saturated heterocycles. The first-order valence-corrected chi connectivity index (χ1v) is 7.31. The highest BCUT2D eigenvalue weighted by atomic mass is 35.5. The Morgan fingerprint density at radius 1 is 1.37 bits per heavy atom. The van der Waals surface area contributed by atoms with Gasteiger partial charge in [0.15, 0.2) is 0 Å². The van der Waals surface area contributed by atoms with Crippen LogP contribution in [-0.4, -0.2) is 11.9 Å². The van der Waals surface area contributed by atoms with Crippen molar-refractivity contribution in [3.63, 3.8) is 0 Å². The largest absolute Gasteiger partial charge is 0.382 e. The van der Waals surface area contributed by atoms with Crippen LogP contribution in [0.1, 0.15) is 49.4 Å². The molecule has 0 spiro atoms. The molecule has 1 unspecified atom stereocenters. The van der Waals surface area contributed by atoms with Gasteiger partial charge in [-0.05, 0) is 43.9 Å². The third-order valence-corrected chi connectivity index (χ3v) is 4.30. The van der Waals surface area contributed by atoms with Crippen LogP contribution in [-0.2, 0) is 0 Å². The Balaban J connectivity index is 2.02. The quantitative estimate of drug-likeness (QED) is 0.881. The van der Waals surface area contributed by atoms with Crippen molar-refractivity contribution >= 4 is 23.2 Å². The van der Waals surface area contributed by atoms with E-state index in [0.717, 1.165) is 11.6 Å². The van der Waals surface area contributed by atoms with Crippen LogP contribution in [0.3, 0.4) is 0 Å². The minimum atomic E-state index is -0.489. The summed E-state index contributed by atoms with van der Waals surface area (Å²) >= 11 is 6.05. The number of carbonyl (C=O) groups excluding carboxylic acids is 1. The van der Waals surface area contributed by atoms with Crippen molar-refractivity contribution in [1.29, 1.82) is 0 Å². The number of rotatable bonds is 4. The van der Waals surface area contributed by atoms with E-state index >= 15 is 0 Å². The number of benzene rings is 1. The highest BCUT2D eigenvalue weighted by Gasteiger charge is 2.20. The van der Waals surface area contributed by atoms with Gasteiger partial charge >= 0.3 is 0 Å². The van der Waals surface area contributed by atoms with Crippen LogP contribution in [0.4, 0.5) is 5.69 Å². The van der Waals surface area contributed by atoms with Crippen molar-refractivity contribution in [1.82, 2.24) is 0 Å². The number of carbonyl (C=O) groups is 1. The van der Waals surface area contributed by atoms with E-state index in [4.69, 9.17) is 17.3 Å². The molecule has 0 radical (unpaired) electrons. The summed E-state index contributed by atoms with van der Waals surface area (Å²) in [6.07, 6.45) is 6.61. The molecule has 3 nitrogen and oxygen atoms in total. The van der Waals surface area contributed by atoms with Gasteiger partial charge in [-0.25, -0.2) is 0 Å². The van der Waals surface area contributed by atoms with Gasteiger partial charge in [0.2, 0.25) is 5.91 Å². The van der Waals surface area contributed by atoms with Gasteiger partial charge in [-0.1, -0.05) is 30.9 Å². The third kappa shape index (κ3) is 3.63. The number of nitrogens with two attached hydrogens (primary N) is 1. The molecule has 0 heterocycles. The molecular formula is C15H21ClN2O. The molecule has 1 aromatic rings. The van der Waals surface area contributed by atoms with Crippen LogP contribution < -0.4 is 11.1 Å². The molecule has 1 aliphatic rings. The maximum Gasteiger partial charge on any atom is 0.250 e. The van der Waals surface area contributed by atoms with Crippen molar-refractivity contribution < 1.29 is 4.79 Å². The molecular weight excluding hydrogens is 260 g/mol. The molecule has 4 heteroatoms. The monoisotopic (exact) mass is 280 g/mol. The SMILES string of the molecule is CC(Nc1ccc(C(N)=O)c(Cl)c1)C1CCCCC1. The van der Waals surface area contributed by atoms with Gasteiger partial charge in [0.25, 0.3) is 0 Å². The van der Waals surface area contributed by atoms with Crippen LogP contribution in [0.15, 0.2) is 18.2 Å². The number of nitrogens with one attached hydrogen (secondary N) is 1. The van der Waals surface area contributed by atoms with Crippen LogP contribution in [0.25, 0.3) is 0 Å². The van der Waals surface area contributed by atoms with E-state index in [1.165, 1.54) is 32.1 Å². The summed E-state index contributed by atoms with van der Waals surface area (Å²) in [7, 11) is 0. The van der Waals surface area contributed by atoms with Gasteiger partial charge in [0, 0.05) is 11.7 Å². The molecule has 0 aromatic heterocycles. The predicted octanol–water partition coefficient (Wildman–Crippen LogP) is 3.82. The smallest absolute Gasteiger partial charge is 0.250 e. The Labute approximate surface area is 119 Å². The van der Waals surface area contributed by atoms with Crippen LogP contribution in [0.5, 0.6) is 0 Å². The second-order valence-corrected chi connectivity index (χ2v) is 5.80. The summed E-state index contributed by atoms with van der Waals surface area (Å²) in [5.74, 6) is 0.236. The average Bonchev–Trinajstić information content (AvgIpc) is 2.39. The average molecular weight is 281 g/mol. The minimum absolute atomic E-state index is 0.373. The molecule has 3 N–H and O–H groups in total. The first-order valence-electron chi connectivity index (χ1n) is 6.94. The topological polar surface area (TPSA) is 55.1 Å². The fourth-order valence-corrected chi connectivity index (χ4v) is 3.09. The van der Waals surface area contributed by atoms with E-state index in [1.807, 2.05) is 6.07 Å². The molecule has 104 valence electrons. The second-order valence-electron chi connectivity index (χ2n) is 5.39. The van der Waals surface area contributed by atoms with Gasteiger partial charge in [-0.3, -0.25) is 4.79 Å². The van der Waals surface area contributed by atoms with Gasteiger partial charge in [-0.15, -0.1) is 0 Å². The zero-order valence-electron chi connectivity index (χ0n) is 11.3. The van der Waals surface area contributed by atoms with Gasteiger partial charge in [0.1, 0.15) is 0 Å².